The van der Waals surface area contributed by atoms with Crippen LogP contribution in [-0.2, 0) is 0 Å². The third kappa shape index (κ3) is 4.15. The zero-order valence-corrected chi connectivity index (χ0v) is 12.7. The minimum Gasteiger partial charge on any atom is -0.395 e. The summed E-state index contributed by atoms with van der Waals surface area (Å²) in [7, 11) is 0. The molecule has 19 heavy (non-hydrogen) atoms. The van der Waals surface area contributed by atoms with Crippen molar-refractivity contribution in [1.82, 2.24) is 4.90 Å². The largest absolute Gasteiger partial charge is 0.395 e. The van der Waals surface area contributed by atoms with Gasteiger partial charge in [0.2, 0.25) is 0 Å². The number of aryl methyl sites for hydroxylation is 3. The summed E-state index contributed by atoms with van der Waals surface area (Å²) in [5.74, 6) is 0.128. The second-order valence-electron chi connectivity index (χ2n) is 5.46. The van der Waals surface area contributed by atoms with Crippen molar-refractivity contribution in [3.63, 3.8) is 0 Å². The number of ketones is 1. The molecule has 0 saturated carbocycles. The van der Waals surface area contributed by atoms with E-state index in [0.29, 0.717) is 13.1 Å². The molecule has 0 heterocycles. The molecular formula is C16H25NO2. The summed E-state index contributed by atoms with van der Waals surface area (Å²) in [6.07, 6.45) is 0. The average molecular weight is 263 g/mol. The highest BCUT2D eigenvalue weighted by Gasteiger charge is 2.17. The lowest BCUT2D eigenvalue weighted by molar-refractivity contribution is 0.0880. The molecular weight excluding hydrogens is 238 g/mol. The van der Waals surface area contributed by atoms with E-state index in [-0.39, 0.29) is 18.4 Å². The zero-order valence-electron chi connectivity index (χ0n) is 12.7. The van der Waals surface area contributed by atoms with Gasteiger partial charge in [0.25, 0.3) is 0 Å². The first kappa shape index (κ1) is 15.9. The predicted octanol–water partition coefficient (Wildman–Crippen LogP) is 2.50. The Balaban J connectivity index is 2.91. The van der Waals surface area contributed by atoms with E-state index in [4.69, 9.17) is 5.11 Å². The molecule has 1 aromatic carbocycles. The van der Waals surface area contributed by atoms with Crippen molar-refractivity contribution in [2.24, 2.45) is 0 Å². The molecule has 0 bridgehead atoms. The van der Waals surface area contributed by atoms with Crippen molar-refractivity contribution in [2.75, 3.05) is 19.7 Å². The highest BCUT2D eigenvalue weighted by atomic mass is 16.3. The summed E-state index contributed by atoms with van der Waals surface area (Å²) >= 11 is 0. The maximum Gasteiger partial charge on any atom is 0.177 e. The molecule has 0 aromatic heterocycles. The van der Waals surface area contributed by atoms with E-state index in [1.807, 2.05) is 38.7 Å². The fourth-order valence-corrected chi connectivity index (χ4v) is 2.18. The Morgan fingerprint density at radius 3 is 2.26 bits per heavy atom. The van der Waals surface area contributed by atoms with E-state index in [1.165, 1.54) is 5.56 Å². The number of carbonyl (C=O) groups excluding carboxylic acids is 1. The minimum atomic E-state index is 0.0807. The van der Waals surface area contributed by atoms with Gasteiger partial charge in [-0.05, 0) is 57.4 Å². The smallest absolute Gasteiger partial charge is 0.177 e. The number of nitrogens with zero attached hydrogens (tertiary/aromatic N) is 1. The fraction of sp³-hybridized carbons (Fsp3) is 0.562. The maximum absolute atomic E-state index is 12.4. The van der Waals surface area contributed by atoms with Crippen LogP contribution < -0.4 is 0 Å². The van der Waals surface area contributed by atoms with Crippen molar-refractivity contribution >= 4 is 5.78 Å². The predicted molar refractivity (Wildman–Crippen MR) is 78.8 cm³/mol. The quantitative estimate of drug-likeness (QED) is 0.802. The van der Waals surface area contributed by atoms with Gasteiger partial charge < -0.3 is 5.11 Å². The maximum atomic E-state index is 12.4. The van der Waals surface area contributed by atoms with Crippen LogP contribution in [0, 0.1) is 20.8 Å². The van der Waals surface area contributed by atoms with E-state index in [1.54, 1.807) is 0 Å². The highest BCUT2D eigenvalue weighted by molar-refractivity contribution is 5.99. The van der Waals surface area contributed by atoms with Crippen LogP contribution >= 0.6 is 0 Å². The van der Waals surface area contributed by atoms with Crippen LogP contribution in [0.1, 0.15) is 40.9 Å². The van der Waals surface area contributed by atoms with Crippen LogP contribution in [0.25, 0.3) is 0 Å². The molecule has 0 atom stereocenters. The normalized spacial score (nSPS) is 11.4. The second kappa shape index (κ2) is 6.83. The number of aliphatic hydroxyl groups is 1. The number of carbonyl (C=O) groups is 1. The molecule has 0 saturated heterocycles. The average Bonchev–Trinajstić information content (AvgIpc) is 2.32. The molecule has 1 N–H and O–H groups in total. The van der Waals surface area contributed by atoms with Gasteiger partial charge in [0, 0.05) is 18.2 Å². The molecule has 1 rings (SSSR count). The number of aliphatic hydroxyl groups excluding tert-OH is 1. The van der Waals surface area contributed by atoms with Crippen LogP contribution in [0.5, 0.6) is 0 Å². The Bertz CT molecular complexity index is 452. The number of rotatable bonds is 6. The van der Waals surface area contributed by atoms with Crippen molar-refractivity contribution in [3.05, 3.63) is 34.4 Å². The lowest BCUT2D eigenvalue weighted by Crippen LogP contribution is -2.38. The number of Topliss-reactive ketones (excluding diaryl/α,β-unsaturated/α-hetero) is 1. The third-order valence-corrected chi connectivity index (χ3v) is 3.61. The van der Waals surface area contributed by atoms with Gasteiger partial charge in [-0.2, -0.15) is 0 Å². The molecule has 0 spiro atoms. The van der Waals surface area contributed by atoms with Crippen molar-refractivity contribution in [1.29, 1.82) is 0 Å². The third-order valence-electron chi connectivity index (χ3n) is 3.61. The van der Waals surface area contributed by atoms with Gasteiger partial charge in [0.1, 0.15) is 0 Å². The fourth-order valence-electron chi connectivity index (χ4n) is 2.18. The van der Waals surface area contributed by atoms with Gasteiger partial charge in [0.15, 0.2) is 5.78 Å². The Kier molecular flexibility index (Phi) is 5.70. The molecule has 3 nitrogen and oxygen atoms in total. The Hall–Kier alpha value is -1.19. The standard InChI is InChI=1S/C16H25NO2/c1-11(2)17(6-7-18)10-16(19)15-9-13(4)12(3)8-14(15)5/h8-9,11,18H,6-7,10H2,1-5H3. The van der Waals surface area contributed by atoms with E-state index < -0.39 is 0 Å². The first-order valence-corrected chi connectivity index (χ1v) is 6.82. The monoisotopic (exact) mass is 263 g/mol. The summed E-state index contributed by atoms with van der Waals surface area (Å²) < 4.78 is 0. The lowest BCUT2D eigenvalue weighted by atomic mass is 9.98. The summed E-state index contributed by atoms with van der Waals surface area (Å²) in [4.78, 5) is 14.4. The highest BCUT2D eigenvalue weighted by Crippen LogP contribution is 2.16. The van der Waals surface area contributed by atoms with E-state index in [9.17, 15) is 4.79 Å². The summed E-state index contributed by atoms with van der Waals surface area (Å²) in [6, 6.07) is 4.29. The molecule has 0 aliphatic heterocycles. The topological polar surface area (TPSA) is 40.5 Å². The SMILES string of the molecule is Cc1cc(C)c(C(=O)CN(CCO)C(C)C)cc1C. The van der Waals surface area contributed by atoms with Gasteiger partial charge in [-0.15, -0.1) is 0 Å². The van der Waals surface area contributed by atoms with Gasteiger partial charge in [-0.25, -0.2) is 0 Å². The molecule has 3 heteroatoms. The molecule has 0 aliphatic rings. The van der Waals surface area contributed by atoms with Gasteiger partial charge in [-0.3, -0.25) is 9.69 Å². The molecule has 0 aliphatic carbocycles. The molecule has 0 radical (unpaired) electrons. The van der Waals surface area contributed by atoms with E-state index in [0.717, 1.165) is 16.7 Å². The Labute approximate surface area is 116 Å². The van der Waals surface area contributed by atoms with Crippen LogP contribution in [-0.4, -0.2) is 41.5 Å². The van der Waals surface area contributed by atoms with E-state index >= 15 is 0 Å². The Morgan fingerprint density at radius 1 is 1.16 bits per heavy atom. The molecule has 0 unspecified atom stereocenters. The first-order valence-electron chi connectivity index (χ1n) is 6.82. The van der Waals surface area contributed by atoms with Crippen molar-refractivity contribution in [2.45, 2.75) is 40.7 Å². The molecule has 106 valence electrons. The van der Waals surface area contributed by atoms with Gasteiger partial charge in [-0.1, -0.05) is 6.07 Å². The molecule has 0 amide bonds. The number of hydrogen-bond donors (Lipinski definition) is 1. The summed E-state index contributed by atoms with van der Waals surface area (Å²) in [5.41, 5.74) is 4.19. The van der Waals surface area contributed by atoms with E-state index in [2.05, 4.69) is 13.0 Å². The molecule has 0 fully saturated rings. The van der Waals surface area contributed by atoms with Crippen LogP contribution in [0.15, 0.2) is 12.1 Å². The number of hydrogen-bond acceptors (Lipinski definition) is 3. The molecule has 1 aromatic rings. The second-order valence-corrected chi connectivity index (χ2v) is 5.46. The van der Waals surface area contributed by atoms with Crippen LogP contribution in [0.3, 0.4) is 0 Å². The van der Waals surface area contributed by atoms with Crippen LogP contribution in [0.2, 0.25) is 0 Å². The zero-order chi connectivity index (χ0) is 14.6. The number of benzene rings is 1. The summed E-state index contributed by atoms with van der Waals surface area (Å²) in [5, 5.41) is 9.05. The van der Waals surface area contributed by atoms with Gasteiger partial charge in [0.05, 0.1) is 13.2 Å². The summed E-state index contributed by atoms with van der Waals surface area (Å²) in [6.45, 7) is 11.1. The minimum absolute atomic E-state index is 0.0807. The Morgan fingerprint density at radius 2 is 1.74 bits per heavy atom. The lowest BCUT2D eigenvalue weighted by Gasteiger charge is -2.25. The van der Waals surface area contributed by atoms with Crippen LogP contribution in [0.4, 0.5) is 0 Å². The van der Waals surface area contributed by atoms with Crippen molar-refractivity contribution < 1.29 is 9.90 Å². The van der Waals surface area contributed by atoms with Crippen molar-refractivity contribution in [3.8, 4) is 0 Å². The van der Waals surface area contributed by atoms with Gasteiger partial charge >= 0.3 is 0 Å². The first-order chi connectivity index (χ1) is 8.86.